The van der Waals surface area contributed by atoms with Gasteiger partial charge in [-0.1, -0.05) is 6.07 Å². The molecule has 3 rings (SSSR count). The fraction of sp³-hybridized carbons (Fsp3) is 0.562. The molecule has 1 aliphatic heterocycles. The van der Waals surface area contributed by atoms with Gasteiger partial charge in [-0.05, 0) is 37.3 Å². The Labute approximate surface area is 142 Å². The highest BCUT2D eigenvalue weighted by Gasteiger charge is 2.40. The Bertz CT molecular complexity index is 689. The molecule has 0 spiro atoms. The first-order chi connectivity index (χ1) is 11.8. The lowest BCUT2D eigenvalue weighted by molar-refractivity contribution is -0.387. The Morgan fingerprint density at radius 2 is 2.04 bits per heavy atom. The van der Waals surface area contributed by atoms with Crippen LogP contribution in [0.15, 0.2) is 18.2 Å². The molecule has 1 unspecified atom stereocenters. The van der Waals surface area contributed by atoms with Gasteiger partial charge in [0.15, 0.2) is 0 Å². The number of hydrogen-bond acceptors (Lipinski definition) is 4. The van der Waals surface area contributed by atoms with E-state index in [1.165, 1.54) is 6.07 Å². The highest BCUT2D eigenvalue weighted by atomic mass is 19.4. The second-order valence-corrected chi connectivity index (χ2v) is 6.55. The zero-order chi connectivity index (χ0) is 18.2. The summed E-state index contributed by atoms with van der Waals surface area (Å²) < 4.78 is 38.9. The summed E-state index contributed by atoms with van der Waals surface area (Å²) in [6.07, 6.45) is -2.21. The van der Waals surface area contributed by atoms with E-state index in [1.54, 1.807) is 4.90 Å². The zero-order valence-electron chi connectivity index (χ0n) is 13.4. The van der Waals surface area contributed by atoms with Crippen LogP contribution in [-0.4, -0.2) is 35.4 Å². The second kappa shape index (κ2) is 6.53. The molecule has 25 heavy (non-hydrogen) atoms. The molecule has 0 aromatic heterocycles. The smallest absolute Gasteiger partial charge is 0.379 e. The van der Waals surface area contributed by atoms with E-state index >= 15 is 0 Å². The standard InChI is InChI=1S/C16H18F3N3O3/c17-16(18,19)12-2-1-3-13(14(12)22(24)25)20-8-10-6-7-21(9-10)15(23)11-4-5-11/h1-3,10-11,20H,4-9H2. The average molecular weight is 357 g/mol. The summed E-state index contributed by atoms with van der Waals surface area (Å²) in [5.74, 6) is 0.348. The summed E-state index contributed by atoms with van der Waals surface area (Å²) in [5, 5.41) is 13.9. The second-order valence-electron chi connectivity index (χ2n) is 6.55. The molecule has 1 amide bonds. The third-order valence-electron chi connectivity index (χ3n) is 4.63. The molecule has 9 heteroatoms. The number of nitrogens with zero attached hydrogens (tertiary/aromatic N) is 2. The van der Waals surface area contributed by atoms with Crippen LogP contribution in [0.4, 0.5) is 24.5 Å². The zero-order valence-corrected chi connectivity index (χ0v) is 13.4. The SMILES string of the molecule is O=C(C1CC1)N1CCC(CNc2cccc(C(F)(F)F)c2[N+](=O)[O-])C1. The molecule has 0 bridgehead atoms. The van der Waals surface area contributed by atoms with Gasteiger partial charge in [0.2, 0.25) is 5.91 Å². The molecule has 1 aliphatic carbocycles. The number of nitro groups is 1. The molecule has 1 atom stereocenters. The molecule has 1 heterocycles. The maximum Gasteiger partial charge on any atom is 0.423 e. The molecular weight excluding hydrogens is 339 g/mol. The lowest BCUT2D eigenvalue weighted by Gasteiger charge is -2.17. The van der Waals surface area contributed by atoms with Crippen LogP contribution in [-0.2, 0) is 11.0 Å². The van der Waals surface area contributed by atoms with E-state index in [1.807, 2.05) is 0 Å². The molecule has 2 aliphatic rings. The van der Waals surface area contributed by atoms with Gasteiger partial charge in [0.1, 0.15) is 11.3 Å². The third-order valence-corrected chi connectivity index (χ3v) is 4.63. The maximum atomic E-state index is 13.0. The molecule has 1 aromatic carbocycles. The Kier molecular flexibility index (Phi) is 4.57. The van der Waals surface area contributed by atoms with Crippen LogP contribution in [0.1, 0.15) is 24.8 Å². The van der Waals surface area contributed by atoms with Crippen molar-refractivity contribution in [3.05, 3.63) is 33.9 Å². The van der Waals surface area contributed by atoms with Crippen molar-refractivity contribution in [2.75, 3.05) is 25.0 Å². The number of likely N-dealkylation sites (tertiary alicyclic amines) is 1. The largest absolute Gasteiger partial charge is 0.423 e. The fourth-order valence-corrected chi connectivity index (χ4v) is 3.15. The van der Waals surface area contributed by atoms with Gasteiger partial charge >= 0.3 is 11.9 Å². The summed E-state index contributed by atoms with van der Waals surface area (Å²) in [4.78, 5) is 23.9. The van der Waals surface area contributed by atoms with Crippen LogP contribution in [0.2, 0.25) is 0 Å². The van der Waals surface area contributed by atoms with E-state index < -0.39 is 22.4 Å². The number of carbonyl (C=O) groups excluding carboxylic acids is 1. The number of carbonyl (C=O) groups is 1. The van der Waals surface area contributed by atoms with Crippen LogP contribution in [0, 0.1) is 22.0 Å². The number of benzene rings is 1. The number of halogens is 3. The minimum atomic E-state index is -4.79. The minimum Gasteiger partial charge on any atom is -0.379 e. The minimum absolute atomic E-state index is 0.0665. The van der Waals surface area contributed by atoms with Crippen molar-refractivity contribution in [3.8, 4) is 0 Å². The van der Waals surface area contributed by atoms with Gasteiger partial charge in [0.25, 0.3) is 0 Å². The van der Waals surface area contributed by atoms with Crippen molar-refractivity contribution >= 4 is 17.3 Å². The average Bonchev–Trinajstić information content (AvgIpc) is 3.29. The Morgan fingerprint density at radius 3 is 2.64 bits per heavy atom. The summed E-state index contributed by atoms with van der Waals surface area (Å²) in [7, 11) is 0. The van der Waals surface area contributed by atoms with E-state index in [0.717, 1.165) is 25.3 Å². The number of anilines is 1. The summed E-state index contributed by atoms with van der Waals surface area (Å²) in [6, 6.07) is 3.13. The number of rotatable bonds is 5. The van der Waals surface area contributed by atoms with Gasteiger partial charge in [0, 0.05) is 25.6 Å². The van der Waals surface area contributed by atoms with Crippen molar-refractivity contribution in [1.29, 1.82) is 0 Å². The molecule has 1 saturated carbocycles. The molecule has 2 fully saturated rings. The predicted octanol–water partition coefficient (Wildman–Crippen LogP) is 3.28. The van der Waals surface area contributed by atoms with Crippen molar-refractivity contribution in [2.24, 2.45) is 11.8 Å². The first-order valence-corrected chi connectivity index (χ1v) is 8.14. The van der Waals surface area contributed by atoms with Crippen LogP contribution in [0.5, 0.6) is 0 Å². The third kappa shape index (κ3) is 3.85. The van der Waals surface area contributed by atoms with Crippen LogP contribution >= 0.6 is 0 Å². The maximum absolute atomic E-state index is 13.0. The lowest BCUT2D eigenvalue weighted by atomic mass is 10.1. The topological polar surface area (TPSA) is 75.5 Å². The van der Waals surface area contributed by atoms with Crippen molar-refractivity contribution in [2.45, 2.75) is 25.4 Å². The van der Waals surface area contributed by atoms with E-state index in [-0.39, 0.29) is 30.0 Å². The van der Waals surface area contributed by atoms with Gasteiger partial charge in [0.05, 0.1) is 4.92 Å². The number of nitro benzene ring substituents is 1. The monoisotopic (exact) mass is 357 g/mol. The van der Waals surface area contributed by atoms with Gasteiger partial charge in [-0.25, -0.2) is 0 Å². The van der Waals surface area contributed by atoms with Crippen molar-refractivity contribution in [1.82, 2.24) is 4.90 Å². The number of amides is 1. The van der Waals surface area contributed by atoms with Crippen LogP contribution in [0.3, 0.4) is 0 Å². The summed E-state index contributed by atoms with van der Waals surface area (Å²) in [5.41, 5.74) is -2.37. The number of para-hydroxylation sites is 1. The Morgan fingerprint density at radius 1 is 1.32 bits per heavy atom. The summed E-state index contributed by atoms with van der Waals surface area (Å²) >= 11 is 0. The molecule has 0 radical (unpaired) electrons. The number of alkyl halides is 3. The van der Waals surface area contributed by atoms with E-state index in [4.69, 9.17) is 0 Å². The number of nitrogens with one attached hydrogen (secondary N) is 1. The Balaban J connectivity index is 1.67. The molecule has 136 valence electrons. The molecule has 1 N–H and O–H groups in total. The fourth-order valence-electron chi connectivity index (χ4n) is 3.15. The van der Waals surface area contributed by atoms with Gasteiger partial charge in [-0.15, -0.1) is 0 Å². The number of hydrogen-bond donors (Lipinski definition) is 1. The van der Waals surface area contributed by atoms with E-state index in [9.17, 15) is 28.1 Å². The first kappa shape index (κ1) is 17.5. The quantitative estimate of drug-likeness (QED) is 0.648. The normalized spacial score (nSPS) is 20.6. The van der Waals surface area contributed by atoms with Crippen molar-refractivity contribution in [3.63, 3.8) is 0 Å². The highest BCUT2D eigenvalue weighted by Crippen LogP contribution is 2.40. The molecule has 1 aromatic rings. The van der Waals surface area contributed by atoms with Gasteiger partial charge in [-0.2, -0.15) is 13.2 Å². The molecular formula is C16H18F3N3O3. The first-order valence-electron chi connectivity index (χ1n) is 8.14. The van der Waals surface area contributed by atoms with Crippen LogP contribution in [0.25, 0.3) is 0 Å². The lowest BCUT2D eigenvalue weighted by Crippen LogP contribution is -2.30. The summed E-state index contributed by atoms with van der Waals surface area (Å²) in [6.45, 7) is 1.46. The van der Waals surface area contributed by atoms with E-state index in [2.05, 4.69) is 5.32 Å². The Hall–Kier alpha value is -2.32. The predicted molar refractivity (Wildman–Crippen MR) is 84.0 cm³/mol. The molecule has 6 nitrogen and oxygen atoms in total. The van der Waals surface area contributed by atoms with Gasteiger partial charge in [-0.3, -0.25) is 14.9 Å². The molecule has 1 saturated heterocycles. The van der Waals surface area contributed by atoms with Crippen molar-refractivity contribution < 1.29 is 22.9 Å². The van der Waals surface area contributed by atoms with Crippen LogP contribution < -0.4 is 5.32 Å². The van der Waals surface area contributed by atoms with E-state index in [0.29, 0.717) is 19.2 Å². The highest BCUT2D eigenvalue weighted by molar-refractivity contribution is 5.81. The van der Waals surface area contributed by atoms with Gasteiger partial charge < -0.3 is 10.2 Å².